The molecule has 1 fully saturated rings. The predicted molar refractivity (Wildman–Crippen MR) is 143 cm³/mol. The number of pyridine rings is 2. The molecule has 7 rings (SSSR count). The Morgan fingerprint density at radius 1 is 1.11 bits per heavy atom. The molecule has 0 atom stereocenters. The lowest BCUT2D eigenvalue weighted by Gasteiger charge is -2.07. The Kier molecular flexibility index (Phi) is 4.92. The number of anilines is 1. The van der Waals surface area contributed by atoms with Gasteiger partial charge in [-0.05, 0) is 42.5 Å². The molecule has 2 aliphatic rings. The van der Waals surface area contributed by atoms with Crippen molar-refractivity contribution in [1.29, 1.82) is 0 Å². The fourth-order valence-corrected chi connectivity index (χ4v) is 5.40. The molecule has 0 unspecified atom stereocenters. The summed E-state index contributed by atoms with van der Waals surface area (Å²) in [6.45, 7) is 0. The molecule has 176 valence electrons. The van der Waals surface area contributed by atoms with Gasteiger partial charge in [0.05, 0.1) is 23.3 Å². The molecule has 0 aromatic carbocycles. The predicted octanol–water partition coefficient (Wildman–Crippen LogP) is 5.97. The molecule has 2 aliphatic carbocycles. The second-order valence-electron chi connectivity index (χ2n) is 9.18. The smallest absolute Gasteiger partial charge is 0.227 e. The Morgan fingerprint density at radius 2 is 2.03 bits per heavy atom. The van der Waals surface area contributed by atoms with Crippen LogP contribution in [0.3, 0.4) is 0 Å². The van der Waals surface area contributed by atoms with Gasteiger partial charge in [-0.15, -0.1) is 11.3 Å². The van der Waals surface area contributed by atoms with Crippen LogP contribution in [0.2, 0.25) is 0 Å². The molecule has 0 bridgehead atoms. The van der Waals surface area contributed by atoms with Crippen molar-refractivity contribution < 1.29 is 4.79 Å². The fraction of sp³-hybridized carbons (Fsp3) is 0.143. The summed E-state index contributed by atoms with van der Waals surface area (Å²) in [6.07, 6.45) is 14.5. The molecule has 7 nitrogen and oxygen atoms in total. The minimum Gasteiger partial charge on any atom is -0.356 e. The molecule has 1 saturated carbocycles. The lowest BCUT2D eigenvalue weighted by Crippen LogP contribution is -2.13. The summed E-state index contributed by atoms with van der Waals surface area (Å²) in [7, 11) is 0. The zero-order valence-electron chi connectivity index (χ0n) is 19.3. The number of carbonyl (C=O) groups excluding carboxylic acids is 1. The molecule has 0 spiro atoms. The van der Waals surface area contributed by atoms with Crippen LogP contribution in [0, 0.1) is 5.92 Å². The standard InChI is InChI=1S/C28H22N6OS/c35-28(16-7-8-16)31-19-10-17(13-29-15-19)18-11-22-26(33-34-27(22)30-14-18)24-12-21-20(25-6-3-9-36-25)4-1-2-5-23(21)32-24/h1-4,6,9-16,32H,5,7-8H2,(H,31,35)(H,30,33,34). The minimum absolute atomic E-state index is 0.0666. The van der Waals surface area contributed by atoms with E-state index in [0.29, 0.717) is 11.3 Å². The number of aromatic nitrogens is 5. The summed E-state index contributed by atoms with van der Waals surface area (Å²) in [5.41, 5.74) is 8.62. The van der Waals surface area contributed by atoms with Gasteiger partial charge < -0.3 is 10.3 Å². The number of thiophene rings is 1. The second-order valence-corrected chi connectivity index (χ2v) is 10.1. The SMILES string of the molecule is O=C(Nc1cncc(-c2cnc3n[nH]c(-c4cc5c([nH]4)CC=CC=C5c4cccs4)c3c2)c1)C1CC1. The maximum atomic E-state index is 12.2. The van der Waals surface area contributed by atoms with Crippen molar-refractivity contribution in [2.75, 3.05) is 5.32 Å². The molecule has 0 radical (unpaired) electrons. The monoisotopic (exact) mass is 490 g/mol. The molecule has 8 heteroatoms. The quantitative estimate of drug-likeness (QED) is 0.283. The van der Waals surface area contributed by atoms with Crippen molar-refractivity contribution in [2.24, 2.45) is 5.92 Å². The molecule has 5 aromatic heterocycles. The van der Waals surface area contributed by atoms with Crippen LogP contribution in [-0.4, -0.2) is 31.1 Å². The number of amides is 1. The Balaban J connectivity index is 1.26. The molecule has 3 N–H and O–H groups in total. The fourth-order valence-electron chi connectivity index (χ4n) is 4.64. The number of carbonyl (C=O) groups is 1. The van der Waals surface area contributed by atoms with Crippen LogP contribution in [0.15, 0.2) is 72.5 Å². The van der Waals surface area contributed by atoms with Crippen molar-refractivity contribution >= 4 is 39.5 Å². The maximum Gasteiger partial charge on any atom is 0.227 e. The van der Waals surface area contributed by atoms with Gasteiger partial charge in [-0.2, -0.15) is 5.10 Å². The average molecular weight is 491 g/mol. The number of nitrogens with zero attached hydrogens (tertiary/aromatic N) is 3. The lowest BCUT2D eigenvalue weighted by molar-refractivity contribution is -0.117. The number of H-pyrrole nitrogens is 2. The van der Waals surface area contributed by atoms with E-state index in [4.69, 9.17) is 0 Å². The van der Waals surface area contributed by atoms with Crippen LogP contribution < -0.4 is 5.32 Å². The normalized spacial score (nSPS) is 14.9. The highest BCUT2D eigenvalue weighted by molar-refractivity contribution is 7.11. The first kappa shape index (κ1) is 21.0. The number of rotatable bonds is 5. The van der Waals surface area contributed by atoms with E-state index in [9.17, 15) is 4.79 Å². The van der Waals surface area contributed by atoms with Gasteiger partial charge in [-0.1, -0.05) is 24.3 Å². The number of hydrogen-bond acceptors (Lipinski definition) is 5. The zero-order valence-corrected chi connectivity index (χ0v) is 20.1. The van der Waals surface area contributed by atoms with Crippen LogP contribution in [0.25, 0.3) is 39.1 Å². The van der Waals surface area contributed by atoms with Crippen molar-refractivity contribution in [1.82, 2.24) is 25.1 Å². The molecule has 5 heterocycles. The van der Waals surface area contributed by atoms with E-state index >= 15 is 0 Å². The van der Waals surface area contributed by atoms with Crippen molar-refractivity contribution in [3.8, 4) is 22.5 Å². The first-order valence-corrected chi connectivity index (χ1v) is 12.8. The highest BCUT2D eigenvalue weighted by Gasteiger charge is 2.29. The maximum absolute atomic E-state index is 12.2. The van der Waals surface area contributed by atoms with E-state index < -0.39 is 0 Å². The summed E-state index contributed by atoms with van der Waals surface area (Å²) in [5, 5.41) is 13.6. The van der Waals surface area contributed by atoms with Crippen molar-refractivity contribution in [3.63, 3.8) is 0 Å². The van der Waals surface area contributed by atoms with Crippen LogP contribution in [-0.2, 0) is 11.2 Å². The summed E-state index contributed by atoms with van der Waals surface area (Å²) in [4.78, 5) is 26.0. The molecular weight excluding hydrogens is 468 g/mol. The highest BCUT2D eigenvalue weighted by atomic mass is 32.1. The average Bonchev–Trinajstić information content (AvgIpc) is 3.31. The van der Waals surface area contributed by atoms with Gasteiger partial charge in [0.15, 0.2) is 5.65 Å². The Labute approximate surface area is 211 Å². The van der Waals surface area contributed by atoms with Crippen LogP contribution >= 0.6 is 11.3 Å². The molecule has 1 amide bonds. The van der Waals surface area contributed by atoms with Gasteiger partial charge in [0, 0.05) is 63.0 Å². The summed E-state index contributed by atoms with van der Waals surface area (Å²) in [5.74, 6) is 0.207. The molecule has 36 heavy (non-hydrogen) atoms. The van der Waals surface area contributed by atoms with Gasteiger partial charge in [-0.3, -0.25) is 14.9 Å². The highest BCUT2D eigenvalue weighted by Crippen LogP contribution is 2.36. The number of fused-ring (bicyclic) bond motifs is 2. The van der Waals surface area contributed by atoms with Gasteiger partial charge in [0.2, 0.25) is 5.91 Å². The van der Waals surface area contributed by atoms with Crippen LogP contribution in [0.1, 0.15) is 29.0 Å². The molecule has 0 saturated heterocycles. The molecular formula is C28H22N6OS. The third kappa shape index (κ3) is 3.76. The topological polar surface area (TPSA) is 99.3 Å². The van der Waals surface area contributed by atoms with Crippen LogP contribution in [0.4, 0.5) is 5.69 Å². The van der Waals surface area contributed by atoms with Crippen molar-refractivity contribution in [3.05, 3.63) is 88.7 Å². The van der Waals surface area contributed by atoms with Gasteiger partial charge in [0.25, 0.3) is 0 Å². The Hall–Kier alpha value is -4.30. The zero-order chi connectivity index (χ0) is 24.1. The largest absolute Gasteiger partial charge is 0.356 e. The van der Waals surface area contributed by atoms with E-state index in [1.165, 1.54) is 21.7 Å². The van der Waals surface area contributed by atoms with E-state index in [0.717, 1.165) is 47.2 Å². The first-order valence-electron chi connectivity index (χ1n) is 12.0. The van der Waals surface area contributed by atoms with E-state index in [1.807, 2.05) is 6.07 Å². The van der Waals surface area contributed by atoms with Crippen molar-refractivity contribution in [2.45, 2.75) is 19.3 Å². The molecule has 5 aromatic rings. The summed E-state index contributed by atoms with van der Waals surface area (Å²) < 4.78 is 0. The third-order valence-corrected chi connectivity index (χ3v) is 7.57. The first-order chi connectivity index (χ1) is 17.7. The third-order valence-electron chi connectivity index (χ3n) is 6.66. The van der Waals surface area contributed by atoms with Crippen LogP contribution in [0.5, 0.6) is 0 Å². The Bertz CT molecular complexity index is 1670. The van der Waals surface area contributed by atoms with Gasteiger partial charge in [0.1, 0.15) is 0 Å². The summed E-state index contributed by atoms with van der Waals surface area (Å²) in [6, 6.07) is 10.5. The number of aromatic amines is 2. The number of hydrogen-bond donors (Lipinski definition) is 3. The lowest BCUT2D eigenvalue weighted by atomic mass is 10.0. The van der Waals surface area contributed by atoms with Gasteiger partial charge >= 0.3 is 0 Å². The number of nitrogens with one attached hydrogen (secondary N) is 3. The van der Waals surface area contributed by atoms with E-state index in [1.54, 1.807) is 29.9 Å². The van der Waals surface area contributed by atoms with Gasteiger partial charge in [-0.25, -0.2) is 4.98 Å². The number of allylic oxidation sites excluding steroid dienone is 3. The van der Waals surface area contributed by atoms with E-state index in [2.05, 4.69) is 78.3 Å². The second kappa shape index (κ2) is 8.42. The minimum atomic E-state index is 0.0666. The molecule has 0 aliphatic heterocycles. The van der Waals surface area contributed by atoms with E-state index in [-0.39, 0.29) is 11.8 Å². The summed E-state index contributed by atoms with van der Waals surface area (Å²) >= 11 is 1.74. The Morgan fingerprint density at radius 3 is 2.89 bits per heavy atom.